The Morgan fingerprint density at radius 2 is 1.50 bits per heavy atom. The molecule has 0 radical (unpaired) electrons. The molecule has 2 aromatic carbocycles. The second kappa shape index (κ2) is 6.76. The van der Waals surface area contributed by atoms with Gasteiger partial charge in [-0.3, -0.25) is 4.79 Å². The van der Waals surface area contributed by atoms with Crippen LogP contribution in [0.15, 0.2) is 77.4 Å². The lowest BCUT2D eigenvalue weighted by Crippen LogP contribution is -2.23. The van der Waals surface area contributed by atoms with Crippen LogP contribution < -0.4 is 5.32 Å². The minimum Gasteiger partial charge on any atom is -0.468 e. The van der Waals surface area contributed by atoms with Crippen LogP contribution in [0.3, 0.4) is 0 Å². The molecule has 22 heavy (non-hydrogen) atoms. The third-order valence-corrected chi connectivity index (χ3v) is 3.49. The molecule has 3 aromatic rings. The van der Waals surface area contributed by atoms with Gasteiger partial charge in [-0.15, -0.1) is 0 Å². The van der Waals surface area contributed by atoms with E-state index >= 15 is 0 Å². The summed E-state index contributed by atoms with van der Waals surface area (Å²) in [5.74, 6) is 0.584. The van der Waals surface area contributed by atoms with Crippen molar-refractivity contribution in [2.24, 2.45) is 0 Å². The van der Waals surface area contributed by atoms with Crippen molar-refractivity contribution in [3.63, 3.8) is 0 Å². The fourth-order valence-corrected chi connectivity index (χ4v) is 2.33. The summed E-state index contributed by atoms with van der Waals surface area (Å²) in [6, 6.07) is 21.5. The average Bonchev–Trinajstić information content (AvgIpc) is 3.03. The highest BCUT2D eigenvalue weighted by Crippen LogP contribution is 2.16. The first-order valence-electron chi connectivity index (χ1n) is 7.25. The number of hydrogen-bond acceptors (Lipinski definition) is 2. The van der Waals surface area contributed by atoms with Gasteiger partial charge in [0.05, 0.1) is 11.8 Å². The summed E-state index contributed by atoms with van der Waals surface area (Å²) in [4.78, 5) is 12.3. The van der Waals surface area contributed by atoms with Crippen molar-refractivity contribution in [3.8, 4) is 0 Å². The van der Waals surface area contributed by atoms with Crippen LogP contribution in [0.2, 0.25) is 0 Å². The zero-order valence-electron chi connectivity index (χ0n) is 12.2. The van der Waals surface area contributed by atoms with E-state index in [1.54, 1.807) is 12.3 Å². The predicted molar refractivity (Wildman–Crippen MR) is 85.6 cm³/mol. The molecule has 0 saturated carbocycles. The van der Waals surface area contributed by atoms with Gasteiger partial charge in [0, 0.05) is 13.0 Å². The van der Waals surface area contributed by atoms with E-state index in [4.69, 9.17) is 4.42 Å². The van der Waals surface area contributed by atoms with Crippen molar-refractivity contribution in [1.29, 1.82) is 0 Å². The second-order valence-electron chi connectivity index (χ2n) is 5.09. The molecule has 0 atom stereocenters. The molecule has 1 N–H and O–H groups in total. The Labute approximate surface area is 129 Å². The van der Waals surface area contributed by atoms with Crippen molar-refractivity contribution in [3.05, 3.63) is 95.4 Å². The van der Waals surface area contributed by atoms with Gasteiger partial charge in [-0.1, -0.05) is 60.7 Å². The first-order valence-corrected chi connectivity index (χ1v) is 7.25. The van der Waals surface area contributed by atoms with Gasteiger partial charge in [-0.05, 0) is 17.2 Å². The monoisotopic (exact) mass is 291 g/mol. The molecule has 3 nitrogen and oxygen atoms in total. The number of nitrogens with one attached hydrogen (secondary N) is 1. The first-order chi connectivity index (χ1) is 10.8. The molecular weight excluding hydrogens is 274 g/mol. The third-order valence-electron chi connectivity index (χ3n) is 3.49. The van der Waals surface area contributed by atoms with Gasteiger partial charge in [-0.2, -0.15) is 0 Å². The van der Waals surface area contributed by atoms with Crippen molar-refractivity contribution < 1.29 is 9.21 Å². The lowest BCUT2D eigenvalue weighted by molar-refractivity contribution is 0.0949. The molecule has 0 unspecified atom stereocenters. The van der Waals surface area contributed by atoms with E-state index in [9.17, 15) is 4.79 Å². The molecule has 0 aliphatic rings. The smallest absolute Gasteiger partial charge is 0.255 e. The molecule has 3 heteroatoms. The zero-order valence-corrected chi connectivity index (χ0v) is 12.2. The molecule has 110 valence electrons. The average molecular weight is 291 g/mol. The summed E-state index contributed by atoms with van der Waals surface area (Å²) < 4.78 is 5.48. The Morgan fingerprint density at radius 3 is 2.18 bits per heavy atom. The van der Waals surface area contributed by atoms with Gasteiger partial charge in [0.15, 0.2) is 0 Å². The lowest BCUT2D eigenvalue weighted by Gasteiger charge is -2.06. The molecular formula is C19H17NO2. The van der Waals surface area contributed by atoms with E-state index in [1.165, 1.54) is 0 Å². The molecule has 1 aromatic heterocycles. The van der Waals surface area contributed by atoms with Crippen molar-refractivity contribution in [1.82, 2.24) is 5.32 Å². The molecule has 0 spiro atoms. The highest BCUT2D eigenvalue weighted by molar-refractivity contribution is 5.95. The van der Waals surface area contributed by atoms with Crippen LogP contribution in [0.5, 0.6) is 0 Å². The Balaban J connectivity index is 1.67. The molecule has 1 amide bonds. The highest BCUT2D eigenvalue weighted by Gasteiger charge is 2.14. The quantitative estimate of drug-likeness (QED) is 0.777. The van der Waals surface area contributed by atoms with Crippen LogP contribution in [-0.4, -0.2) is 5.91 Å². The Bertz CT molecular complexity index is 732. The number of carbonyl (C=O) groups is 1. The van der Waals surface area contributed by atoms with Crippen LogP contribution in [0.1, 0.15) is 27.2 Å². The normalized spacial score (nSPS) is 10.4. The Hall–Kier alpha value is -2.81. The fraction of sp³-hybridized carbons (Fsp3) is 0.105. The fourth-order valence-electron chi connectivity index (χ4n) is 2.33. The predicted octanol–water partition coefficient (Wildman–Crippen LogP) is 3.80. The Kier molecular flexibility index (Phi) is 4.35. The van der Waals surface area contributed by atoms with Crippen molar-refractivity contribution in [2.45, 2.75) is 13.0 Å². The van der Waals surface area contributed by atoms with Gasteiger partial charge in [0.1, 0.15) is 5.76 Å². The Morgan fingerprint density at radius 1 is 0.864 bits per heavy atom. The molecule has 0 aliphatic carbocycles. The minimum atomic E-state index is -0.108. The van der Waals surface area contributed by atoms with Crippen molar-refractivity contribution >= 4 is 5.91 Å². The van der Waals surface area contributed by atoms with E-state index in [1.807, 2.05) is 60.7 Å². The maximum Gasteiger partial charge on any atom is 0.255 e. The summed E-state index contributed by atoms with van der Waals surface area (Å²) in [7, 11) is 0. The number of benzene rings is 2. The van der Waals surface area contributed by atoms with Crippen LogP contribution in [0.4, 0.5) is 0 Å². The minimum absolute atomic E-state index is 0.108. The van der Waals surface area contributed by atoms with Gasteiger partial charge in [-0.25, -0.2) is 0 Å². The lowest BCUT2D eigenvalue weighted by atomic mass is 10.1. The molecule has 1 heterocycles. The molecule has 0 saturated heterocycles. The van der Waals surface area contributed by atoms with Crippen LogP contribution in [-0.2, 0) is 13.0 Å². The summed E-state index contributed by atoms with van der Waals surface area (Å²) in [6.07, 6.45) is 2.18. The number of hydrogen-bond donors (Lipinski definition) is 1. The van der Waals surface area contributed by atoms with E-state index in [2.05, 4.69) is 5.32 Å². The summed E-state index contributed by atoms with van der Waals surface area (Å²) in [5.41, 5.74) is 2.79. The standard InChI is InChI=1S/C19H17NO2/c21-19(20-14-16-9-5-2-6-10-16)17-11-12-22-18(17)13-15-7-3-1-4-8-15/h1-12H,13-14H2,(H,20,21). The first kappa shape index (κ1) is 14.1. The zero-order chi connectivity index (χ0) is 15.2. The summed E-state index contributed by atoms with van der Waals surface area (Å²) >= 11 is 0. The number of rotatable bonds is 5. The summed E-state index contributed by atoms with van der Waals surface area (Å²) in [6.45, 7) is 0.510. The van der Waals surface area contributed by atoms with E-state index in [-0.39, 0.29) is 5.91 Å². The highest BCUT2D eigenvalue weighted by atomic mass is 16.3. The SMILES string of the molecule is O=C(NCc1ccccc1)c1ccoc1Cc1ccccc1. The molecule has 0 fully saturated rings. The second-order valence-corrected chi connectivity index (χ2v) is 5.09. The van der Waals surface area contributed by atoms with Gasteiger partial charge in [0.2, 0.25) is 0 Å². The number of amides is 1. The molecule has 0 aliphatic heterocycles. The van der Waals surface area contributed by atoms with Gasteiger partial charge < -0.3 is 9.73 Å². The number of carbonyl (C=O) groups excluding carboxylic acids is 1. The molecule has 3 rings (SSSR count). The van der Waals surface area contributed by atoms with Gasteiger partial charge in [0.25, 0.3) is 5.91 Å². The van der Waals surface area contributed by atoms with E-state index in [0.717, 1.165) is 11.1 Å². The molecule has 0 bridgehead atoms. The maximum absolute atomic E-state index is 12.3. The third kappa shape index (κ3) is 3.44. The van der Waals surface area contributed by atoms with E-state index < -0.39 is 0 Å². The topological polar surface area (TPSA) is 42.2 Å². The van der Waals surface area contributed by atoms with Crippen LogP contribution in [0, 0.1) is 0 Å². The van der Waals surface area contributed by atoms with E-state index in [0.29, 0.717) is 24.3 Å². The van der Waals surface area contributed by atoms with Gasteiger partial charge >= 0.3 is 0 Å². The summed E-state index contributed by atoms with van der Waals surface area (Å²) in [5, 5.41) is 2.93. The number of furan rings is 1. The van der Waals surface area contributed by atoms with Crippen LogP contribution in [0.25, 0.3) is 0 Å². The maximum atomic E-state index is 12.3. The van der Waals surface area contributed by atoms with Crippen molar-refractivity contribution in [2.75, 3.05) is 0 Å². The largest absolute Gasteiger partial charge is 0.468 e. The van der Waals surface area contributed by atoms with Crippen LogP contribution >= 0.6 is 0 Å².